The first-order valence-corrected chi connectivity index (χ1v) is 6.54. The number of piperidine rings is 1. The molecule has 0 radical (unpaired) electrons. The average Bonchev–Trinajstić information content (AvgIpc) is 2.96. The number of nitrogens with zero attached hydrogens (tertiary/aromatic N) is 1. The molecule has 1 aliphatic carbocycles. The van der Waals surface area contributed by atoms with Crippen molar-refractivity contribution in [1.82, 2.24) is 4.90 Å². The van der Waals surface area contributed by atoms with Gasteiger partial charge in [0.05, 0.1) is 12.0 Å². The summed E-state index contributed by atoms with van der Waals surface area (Å²) in [7, 11) is 0. The molecule has 0 aromatic heterocycles. The van der Waals surface area contributed by atoms with Crippen molar-refractivity contribution >= 4 is 12.1 Å². The van der Waals surface area contributed by atoms with E-state index in [-0.39, 0.29) is 6.54 Å². The van der Waals surface area contributed by atoms with Crippen molar-refractivity contribution in [3.05, 3.63) is 0 Å². The molecular weight excluding hydrogens is 250 g/mol. The van der Waals surface area contributed by atoms with Crippen molar-refractivity contribution in [3.63, 3.8) is 0 Å². The van der Waals surface area contributed by atoms with Crippen LogP contribution in [0.25, 0.3) is 0 Å². The summed E-state index contributed by atoms with van der Waals surface area (Å²) in [6.45, 7) is 6.04. The van der Waals surface area contributed by atoms with E-state index in [1.54, 1.807) is 20.8 Å². The van der Waals surface area contributed by atoms with Crippen molar-refractivity contribution in [1.29, 1.82) is 0 Å². The van der Waals surface area contributed by atoms with Gasteiger partial charge in [0.25, 0.3) is 0 Å². The molecule has 108 valence electrons. The highest BCUT2D eigenvalue weighted by atomic mass is 16.6. The summed E-state index contributed by atoms with van der Waals surface area (Å²) in [6.07, 6.45) is -0.242. The Bertz CT molecular complexity index is 402. The number of aliphatic hydroxyl groups is 1. The fourth-order valence-corrected chi connectivity index (χ4v) is 2.79. The molecule has 1 amide bonds. The predicted molar refractivity (Wildman–Crippen MR) is 66.6 cm³/mol. The number of carbonyl (C=O) groups excluding carboxylic acids is 1. The van der Waals surface area contributed by atoms with E-state index < -0.39 is 35.1 Å². The van der Waals surface area contributed by atoms with E-state index in [9.17, 15) is 14.7 Å². The molecule has 2 rings (SSSR count). The molecular formula is C13H21NO5. The molecule has 3 unspecified atom stereocenters. The number of carbonyl (C=O) groups is 2. The topological polar surface area (TPSA) is 87.1 Å². The molecule has 2 fully saturated rings. The first-order chi connectivity index (χ1) is 8.66. The fourth-order valence-electron chi connectivity index (χ4n) is 2.79. The van der Waals surface area contributed by atoms with E-state index in [1.165, 1.54) is 4.90 Å². The molecule has 3 atom stereocenters. The molecule has 2 N–H and O–H groups in total. The number of hydrogen-bond acceptors (Lipinski definition) is 4. The lowest BCUT2D eigenvalue weighted by Gasteiger charge is -2.37. The molecule has 1 saturated heterocycles. The lowest BCUT2D eigenvalue weighted by atomic mass is 9.89. The van der Waals surface area contributed by atoms with Crippen LogP contribution in [0, 0.1) is 11.3 Å². The quantitative estimate of drug-likeness (QED) is 0.745. The van der Waals surface area contributed by atoms with Crippen molar-refractivity contribution in [3.8, 4) is 0 Å². The molecule has 1 spiro atoms. The Morgan fingerprint density at radius 2 is 2.00 bits per heavy atom. The summed E-state index contributed by atoms with van der Waals surface area (Å²) in [5.74, 6) is -1.45. The maximum atomic E-state index is 12.0. The van der Waals surface area contributed by atoms with Crippen LogP contribution in [0.4, 0.5) is 4.79 Å². The first-order valence-electron chi connectivity index (χ1n) is 6.54. The third-order valence-corrected chi connectivity index (χ3v) is 3.89. The van der Waals surface area contributed by atoms with Gasteiger partial charge in [-0.25, -0.2) is 4.79 Å². The molecule has 2 aliphatic rings. The minimum atomic E-state index is -0.898. The van der Waals surface area contributed by atoms with E-state index in [0.717, 1.165) is 0 Å². The van der Waals surface area contributed by atoms with Crippen LogP contribution in [0.1, 0.15) is 33.6 Å². The lowest BCUT2D eigenvalue weighted by molar-refractivity contribution is -0.141. The van der Waals surface area contributed by atoms with E-state index in [4.69, 9.17) is 9.84 Å². The van der Waals surface area contributed by atoms with Crippen LogP contribution >= 0.6 is 0 Å². The molecule has 0 aromatic rings. The van der Waals surface area contributed by atoms with Gasteiger partial charge in [-0.05, 0) is 33.6 Å². The average molecular weight is 271 g/mol. The van der Waals surface area contributed by atoms with Crippen LogP contribution in [0.15, 0.2) is 0 Å². The van der Waals surface area contributed by atoms with Gasteiger partial charge in [0.1, 0.15) is 5.60 Å². The van der Waals surface area contributed by atoms with Gasteiger partial charge in [-0.3, -0.25) is 4.79 Å². The minimum Gasteiger partial charge on any atom is -0.481 e. The van der Waals surface area contributed by atoms with Gasteiger partial charge in [-0.2, -0.15) is 0 Å². The number of aliphatic hydroxyl groups excluding tert-OH is 1. The van der Waals surface area contributed by atoms with Crippen molar-refractivity contribution in [2.75, 3.05) is 13.1 Å². The largest absolute Gasteiger partial charge is 0.481 e. The van der Waals surface area contributed by atoms with Gasteiger partial charge in [-0.1, -0.05) is 0 Å². The van der Waals surface area contributed by atoms with E-state index in [1.807, 2.05) is 0 Å². The van der Waals surface area contributed by atoms with E-state index >= 15 is 0 Å². The zero-order valence-electron chi connectivity index (χ0n) is 11.5. The molecule has 0 bridgehead atoms. The maximum absolute atomic E-state index is 12.0. The highest BCUT2D eigenvalue weighted by Crippen LogP contribution is 2.58. The van der Waals surface area contributed by atoms with Gasteiger partial charge >= 0.3 is 12.1 Å². The van der Waals surface area contributed by atoms with Crippen LogP contribution in [0.3, 0.4) is 0 Å². The normalized spacial score (nSPS) is 34.2. The first kappa shape index (κ1) is 14.1. The second kappa shape index (κ2) is 4.37. The summed E-state index contributed by atoms with van der Waals surface area (Å²) in [4.78, 5) is 24.5. The number of rotatable bonds is 1. The number of ether oxygens (including phenoxy) is 1. The number of carboxylic acids is 1. The third-order valence-electron chi connectivity index (χ3n) is 3.89. The fraction of sp³-hybridized carbons (Fsp3) is 0.846. The van der Waals surface area contributed by atoms with Crippen molar-refractivity contribution in [2.24, 2.45) is 11.3 Å². The SMILES string of the molecule is CC(C)(C)OC(=O)N1CCC(O)C2(CC2C(=O)O)C1. The molecule has 19 heavy (non-hydrogen) atoms. The summed E-state index contributed by atoms with van der Waals surface area (Å²) in [5.41, 5.74) is -1.24. The summed E-state index contributed by atoms with van der Waals surface area (Å²) in [5, 5.41) is 19.1. The van der Waals surface area contributed by atoms with Gasteiger partial charge in [0.15, 0.2) is 0 Å². The van der Waals surface area contributed by atoms with Gasteiger partial charge in [0.2, 0.25) is 0 Å². The summed E-state index contributed by atoms with van der Waals surface area (Å²) >= 11 is 0. The Labute approximate surface area is 112 Å². The zero-order chi connectivity index (χ0) is 14.4. The number of carboxylic acid groups (broad SMARTS) is 1. The predicted octanol–water partition coefficient (Wildman–Crippen LogP) is 1.08. The number of likely N-dealkylation sites (tertiary alicyclic amines) is 1. The van der Waals surface area contributed by atoms with Crippen LogP contribution in [-0.4, -0.2) is 52.0 Å². The van der Waals surface area contributed by atoms with Crippen LogP contribution in [0.2, 0.25) is 0 Å². The Morgan fingerprint density at radius 1 is 1.37 bits per heavy atom. The number of hydrogen-bond donors (Lipinski definition) is 2. The smallest absolute Gasteiger partial charge is 0.410 e. The monoisotopic (exact) mass is 271 g/mol. The minimum absolute atomic E-state index is 0.264. The number of aliphatic carboxylic acids is 1. The molecule has 1 saturated carbocycles. The maximum Gasteiger partial charge on any atom is 0.410 e. The number of amides is 1. The van der Waals surface area contributed by atoms with Crippen LogP contribution < -0.4 is 0 Å². The van der Waals surface area contributed by atoms with Crippen molar-refractivity contribution < 1.29 is 24.5 Å². The Morgan fingerprint density at radius 3 is 2.47 bits per heavy atom. The van der Waals surface area contributed by atoms with Crippen LogP contribution in [0.5, 0.6) is 0 Å². The Hall–Kier alpha value is -1.30. The standard InChI is InChI=1S/C13H21NO5/c1-12(2,3)19-11(18)14-5-4-9(15)13(7-14)6-8(13)10(16)17/h8-9,15H,4-7H2,1-3H3,(H,16,17). The van der Waals surface area contributed by atoms with Crippen molar-refractivity contribution in [2.45, 2.75) is 45.3 Å². The molecule has 0 aromatic carbocycles. The van der Waals surface area contributed by atoms with E-state index in [0.29, 0.717) is 19.4 Å². The summed E-state index contributed by atoms with van der Waals surface area (Å²) in [6, 6.07) is 0. The lowest BCUT2D eigenvalue weighted by Crippen LogP contribution is -2.49. The molecule has 6 heteroatoms. The Kier molecular flexibility index (Phi) is 3.24. The molecule has 1 aliphatic heterocycles. The molecule has 1 heterocycles. The van der Waals surface area contributed by atoms with Gasteiger partial charge in [0, 0.05) is 18.5 Å². The highest BCUT2D eigenvalue weighted by Gasteiger charge is 2.65. The summed E-state index contributed by atoms with van der Waals surface area (Å²) < 4.78 is 5.29. The zero-order valence-corrected chi connectivity index (χ0v) is 11.5. The van der Waals surface area contributed by atoms with E-state index in [2.05, 4.69) is 0 Å². The second-order valence-corrected chi connectivity index (χ2v) is 6.53. The second-order valence-electron chi connectivity index (χ2n) is 6.53. The van der Waals surface area contributed by atoms with Gasteiger partial charge in [-0.15, -0.1) is 0 Å². The highest BCUT2D eigenvalue weighted by molar-refractivity contribution is 5.76. The molecule has 6 nitrogen and oxygen atoms in total. The van der Waals surface area contributed by atoms with Gasteiger partial charge < -0.3 is 19.8 Å². The Balaban J connectivity index is 2.03. The third kappa shape index (κ3) is 2.68. The van der Waals surface area contributed by atoms with Crippen LogP contribution in [-0.2, 0) is 9.53 Å².